The molecule has 0 amide bonds. The van der Waals surface area contributed by atoms with Gasteiger partial charge in [-0.25, -0.2) is 0 Å². The lowest BCUT2D eigenvalue weighted by Crippen LogP contribution is -1.96. The average molecular weight is 141 g/mol. The van der Waals surface area contributed by atoms with E-state index in [4.69, 9.17) is 6.85 Å². The van der Waals surface area contributed by atoms with E-state index >= 15 is 0 Å². The molecular weight excluding hydrogens is 124 g/mol. The Morgan fingerprint density at radius 2 is 2.50 bits per heavy atom. The molecule has 54 valence electrons. The van der Waals surface area contributed by atoms with Crippen LogP contribution in [0, 0.1) is 13.8 Å². The predicted octanol–water partition coefficient (Wildman–Crippen LogP) is 1.66. The Kier molecular flexibility index (Phi) is 0.830. The number of aromatic nitrogens is 2. The molecule has 0 unspecified atom stereocenters. The third kappa shape index (κ3) is 1.32. The molecule has 1 rings (SSSR count). The van der Waals surface area contributed by atoms with E-state index in [1.807, 2.05) is 0 Å². The summed E-state index contributed by atoms with van der Waals surface area (Å²) in [5, 5.41) is 0. The third-order valence-corrected chi connectivity index (χ3v) is 1.19. The predicted molar refractivity (Wildman–Crippen MR) is 40.9 cm³/mol. The van der Waals surface area contributed by atoms with Crippen molar-refractivity contribution in [1.29, 1.82) is 0 Å². The van der Waals surface area contributed by atoms with Crippen molar-refractivity contribution >= 4 is 0 Å². The Hall–Kier alpha value is -0.920. The minimum atomic E-state index is -2.73. The van der Waals surface area contributed by atoms with Gasteiger partial charge in [0.15, 0.2) is 0 Å². The van der Waals surface area contributed by atoms with E-state index in [9.17, 15) is 0 Å². The van der Waals surface area contributed by atoms with E-state index < -0.39 is 13.2 Å². The van der Waals surface area contributed by atoms with Gasteiger partial charge in [0.1, 0.15) is 0 Å². The van der Waals surface area contributed by atoms with Gasteiger partial charge >= 0.3 is 0 Å². The first-order valence-corrected chi connectivity index (χ1v) is 2.97. The van der Waals surface area contributed by atoms with Crippen LogP contribution in [0.4, 0.5) is 0 Å². The number of hydrogen-bond acceptors (Lipinski definition) is 2. The molecule has 0 radical (unpaired) electrons. The Bertz CT molecular complexity index is 372. The van der Waals surface area contributed by atoms with Gasteiger partial charge in [0.2, 0.25) is 0 Å². The summed E-state index contributed by atoms with van der Waals surface area (Å²) in [6.45, 7) is 0.537. The molecule has 0 fully saturated rings. The van der Waals surface area contributed by atoms with Crippen LogP contribution in [0.2, 0.25) is 0 Å². The van der Waals surface area contributed by atoms with Crippen molar-refractivity contribution in [3.63, 3.8) is 0 Å². The number of rotatable bonds is 1. The van der Waals surface area contributed by atoms with Crippen LogP contribution in [0.25, 0.3) is 0 Å². The number of hydrogen-bond donors (Lipinski definition) is 0. The molecule has 1 aromatic heterocycles. The highest BCUT2D eigenvalue weighted by Crippen LogP contribution is 2.01. The molecule has 1 aromatic rings. The van der Waals surface area contributed by atoms with E-state index in [0.717, 1.165) is 0 Å². The SMILES string of the molecule is [2H]C([2H])([2H])C([2H])([2H])c1ncc(C)nc1C. The lowest BCUT2D eigenvalue weighted by atomic mass is 10.2. The van der Waals surface area contributed by atoms with Crippen molar-refractivity contribution in [3.05, 3.63) is 23.3 Å². The molecule has 10 heavy (non-hydrogen) atoms. The molecule has 0 aliphatic rings. The first-order valence-electron chi connectivity index (χ1n) is 5.47. The monoisotopic (exact) mass is 141 g/mol. The van der Waals surface area contributed by atoms with Gasteiger partial charge in [-0.05, 0) is 20.2 Å². The Balaban J connectivity index is 3.28. The molecular formula is C8H12N2. The molecule has 0 atom stereocenters. The van der Waals surface area contributed by atoms with Crippen molar-refractivity contribution < 1.29 is 6.85 Å². The highest BCUT2D eigenvalue weighted by Gasteiger charge is 1.96. The number of aryl methyl sites for hydroxylation is 3. The van der Waals surface area contributed by atoms with Gasteiger partial charge < -0.3 is 0 Å². The molecule has 0 saturated heterocycles. The third-order valence-electron chi connectivity index (χ3n) is 1.19. The molecule has 2 heteroatoms. The molecule has 0 aliphatic heterocycles. The molecule has 1 heterocycles. The summed E-state index contributed by atoms with van der Waals surface area (Å²) in [5.74, 6) is 0. The maximum Gasteiger partial charge on any atom is 0.0613 e. The Labute approximate surface area is 68.4 Å². The van der Waals surface area contributed by atoms with Crippen LogP contribution >= 0.6 is 0 Å². The van der Waals surface area contributed by atoms with Gasteiger partial charge in [-0.1, -0.05) is 6.85 Å². The van der Waals surface area contributed by atoms with E-state index in [1.165, 1.54) is 6.20 Å². The summed E-state index contributed by atoms with van der Waals surface area (Å²) in [6, 6.07) is 0. The maximum atomic E-state index is 7.53. The van der Waals surface area contributed by atoms with Crippen molar-refractivity contribution in [2.24, 2.45) is 0 Å². The minimum Gasteiger partial charge on any atom is -0.258 e. The summed E-state index contributed by atoms with van der Waals surface area (Å²) >= 11 is 0. The summed E-state index contributed by atoms with van der Waals surface area (Å²) in [5.41, 5.74) is 0.835. The van der Waals surface area contributed by atoms with E-state index in [-0.39, 0.29) is 5.69 Å². The van der Waals surface area contributed by atoms with Crippen molar-refractivity contribution in [2.45, 2.75) is 27.1 Å². The van der Waals surface area contributed by atoms with E-state index in [0.29, 0.717) is 11.4 Å². The van der Waals surface area contributed by atoms with Crippen LogP contribution in [-0.4, -0.2) is 9.97 Å². The highest BCUT2D eigenvalue weighted by atomic mass is 14.8. The first kappa shape index (κ1) is 2.99. The summed E-state index contributed by atoms with van der Waals surface area (Å²) in [6.07, 6.45) is -1.09. The van der Waals surface area contributed by atoms with Gasteiger partial charge in [0.05, 0.1) is 17.1 Å². The van der Waals surface area contributed by atoms with Crippen LogP contribution in [0.15, 0.2) is 6.20 Å². The maximum absolute atomic E-state index is 7.53. The summed E-state index contributed by atoms with van der Waals surface area (Å²) in [4.78, 5) is 7.82. The second-order valence-electron chi connectivity index (χ2n) is 2.07. The van der Waals surface area contributed by atoms with Gasteiger partial charge in [0, 0.05) is 13.1 Å². The van der Waals surface area contributed by atoms with Gasteiger partial charge in [-0.2, -0.15) is 0 Å². The smallest absolute Gasteiger partial charge is 0.0613 e. The standard InChI is InChI=1S/C8H12N2/c1-4-8-7(3)10-6(2)5-9-8/h5H,4H2,1-3H3/i1D3,4D2. The number of nitrogens with zero attached hydrogens (tertiary/aromatic N) is 2. The fourth-order valence-electron chi connectivity index (χ4n) is 0.720. The molecule has 0 aliphatic carbocycles. The zero-order valence-corrected chi connectivity index (χ0v) is 5.97. The van der Waals surface area contributed by atoms with Crippen LogP contribution < -0.4 is 0 Å². The van der Waals surface area contributed by atoms with E-state index in [2.05, 4.69) is 9.97 Å². The first-order chi connectivity index (χ1) is 6.66. The van der Waals surface area contributed by atoms with Crippen LogP contribution in [-0.2, 0) is 6.37 Å². The summed E-state index contributed by atoms with van der Waals surface area (Å²) < 4.78 is 36.4. The zero-order chi connectivity index (χ0) is 11.9. The zero-order valence-electron chi connectivity index (χ0n) is 11.0. The van der Waals surface area contributed by atoms with Crippen molar-refractivity contribution in [2.75, 3.05) is 0 Å². The lowest BCUT2D eigenvalue weighted by Gasteiger charge is -1.99. The molecule has 0 bridgehead atoms. The normalized spacial score (nSPS) is 20.0. The fourth-order valence-corrected chi connectivity index (χ4v) is 0.720. The molecule has 2 nitrogen and oxygen atoms in total. The molecule has 0 saturated carbocycles. The second kappa shape index (κ2) is 2.78. The van der Waals surface area contributed by atoms with Crippen molar-refractivity contribution in [1.82, 2.24) is 9.97 Å². The molecule has 0 spiro atoms. The van der Waals surface area contributed by atoms with Crippen LogP contribution in [0.5, 0.6) is 0 Å². The minimum absolute atomic E-state index is 0.117. The van der Waals surface area contributed by atoms with Crippen molar-refractivity contribution in [3.8, 4) is 0 Å². The van der Waals surface area contributed by atoms with E-state index in [1.54, 1.807) is 13.8 Å². The fraction of sp³-hybridized carbons (Fsp3) is 0.500. The average Bonchev–Trinajstić information content (AvgIpc) is 2.00. The summed E-state index contributed by atoms with van der Waals surface area (Å²) in [7, 11) is 0. The largest absolute Gasteiger partial charge is 0.258 e. The Morgan fingerprint density at radius 3 is 3.10 bits per heavy atom. The Morgan fingerprint density at radius 1 is 1.70 bits per heavy atom. The van der Waals surface area contributed by atoms with Crippen LogP contribution in [0.1, 0.15) is 30.8 Å². The van der Waals surface area contributed by atoms with Gasteiger partial charge in [-0.3, -0.25) is 9.97 Å². The second-order valence-corrected chi connectivity index (χ2v) is 2.07. The van der Waals surface area contributed by atoms with Gasteiger partial charge in [-0.15, -0.1) is 0 Å². The topological polar surface area (TPSA) is 25.8 Å². The molecule has 0 aromatic carbocycles. The van der Waals surface area contributed by atoms with Crippen LogP contribution in [0.3, 0.4) is 0 Å². The quantitative estimate of drug-likeness (QED) is 0.594. The van der Waals surface area contributed by atoms with Gasteiger partial charge in [0.25, 0.3) is 0 Å². The molecule has 0 N–H and O–H groups in total. The lowest BCUT2D eigenvalue weighted by molar-refractivity contribution is 0.935. The highest BCUT2D eigenvalue weighted by molar-refractivity contribution is 5.11.